The first-order chi connectivity index (χ1) is 17.0. The molecule has 7 nitrogen and oxygen atoms in total. The Hall–Kier alpha value is -3.62. The number of amidine groups is 1. The van der Waals surface area contributed by atoms with Crippen molar-refractivity contribution in [3.8, 4) is 0 Å². The standard InChI is InChI=1S/C27H28N4O3S/c1-4-34-16-15-30-26(33)24(35-27(30)28-23-13-9-6-10-14-23)18-22-17-19(2)31(20(22)3)29-25(32)21-11-7-5-8-12-21/h5-14,17-18H,4,15-16H2,1-3H3,(H,29,32)/b24-18-,28-27?. The number of rotatable bonds is 8. The van der Waals surface area contributed by atoms with E-state index in [1.165, 1.54) is 11.8 Å². The van der Waals surface area contributed by atoms with Gasteiger partial charge in [0.2, 0.25) is 0 Å². The molecule has 3 aromatic rings. The molecule has 0 aliphatic carbocycles. The number of aromatic nitrogens is 1. The summed E-state index contributed by atoms with van der Waals surface area (Å²) in [5.74, 6) is -0.306. The second-order valence-corrected chi connectivity index (χ2v) is 8.97. The van der Waals surface area contributed by atoms with Crippen LogP contribution in [0.1, 0.15) is 34.2 Å². The Morgan fingerprint density at radius 2 is 1.77 bits per heavy atom. The minimum absolute atomic E-state index is 0.109. The highest BCUT2D eigenvalue weighted by molar-refractivity contribution is 8.18. The van der Waals surface area contributed by atoms with Crippen molar-refractivity contribution in [2.45, 2.75) is 20.8 Å². The SMILES string of the molecule is CCOCCN1C(=O)/C(=C/c2cc(C)n(NC(=O)c3ccccc3)c2C)SC1=Nc1ccccc1. The van der Waals surface area contributed by atoms with Crippen LogP contribution in [-0.4, -0.2) is 46.3 Å². The smallest absolute Gasteiger partial charge is 0.270 e. The number of carbonyl (C=O) groups is 2. The maximum atomic E-state index is 13.3. The van der Waals surface area contributed by atoms with Crippen molar-refractivity contribution in [1.82, 2.24) is 9.58 Å². The van der Waals surface area contributed by atoms with Gasteiger partial charge < -0.3 is 4.74 Å². The van der Waals surface area contributed by atoms with Crippen molar-refractivity contribution in [3.63, 3.8) is 0 Å². The molecule has 0 bridgehead atoms. The summed E-state index contributed by atoms with van der Waals surface area (Å²) in [5.41, 5.74) is 6.86. The second-order valence-electron chi connectivity index (χ2n) is 7.96. The van der Waals surface area contributed by atoms with Crippen LogP contribution in [0.4, 0.5) is 5.69 Å². The zero-order valence-corrected chi connectivity index (χ0v) is 20.8. The molecule has 1 aromatic heterocycles. The maximum absolute atomic E-state index is 13.3. The topological polar surface area (TPSA) is 75.9 Å². The lowest BCUT2D eigenvalue weighted by atomic mass is 10.2. The molecule has 2 heterocycles. The molecule has 180 valence electrons. The van der Waals surface area contributed by atoms with Gasteiger partial charge in [0.1, 0.15) is 0 Å². The minimum atomic E-state index is -0.197. The van der Waals surface area contributed by atoms with Crippen LogP contribution in [0, 0.1) is 13.8 Å². The van der Waals surface area contributed by atoms with E-state index in [0.717, 1.165) is 22.6 Å². The van der Waals surface area contributed by atoms with Gasteiger partial charge >= 0.3 is 0 Å². The molecule has 2 amide bonds. The molecule has 0 radical (unpaired) electrons. The molecule has 1 aliphatic rings. The highest BCUT2D eigenvalue weighted by Gasteiger charge is 2.33. The van der Waals surface area contributed by atoms with Crippen molar-refractivity contribution < 1.29 is 14.3 Å². The van der Waals surface area contributed by atoms with E-state index in [0.29, 0.717) is 35.4 Å². The first-order valence-electron chi connectivity index (χ1n) is 11.5. The summed E-state index contributed by atoms with van der Waals surface area (Å²) in [5, 5.41) is 0.623. The number of thioether (sulfide) groups is 1. The zero-order chi connectivity index (χ0) is 24.8. The van der Waals surface area contributed by atoms with E-state index in [1.807, 2.05) is 81.4 Å². The third-order valence-corrected chi connectivity index (χ3v) is 6.55. The molecular weight excluding hydrogens is 460 g/mol. The van der Waals surface area contributed by atoms with Crippen LogP contribution in [-0.2, 0) is 9.53 Å². The number of para-hydroxylation sites is 1. The number of aliphatic imine (C=N–C) groups is 1. The Labute approximate surface area is 209 Å². The van der Waals surface area contributed by atoms with Crippen molar-refractivity contribution in [2.75, 3.05) is 25.2 Å². The van der Waals surface area contributed by atoms with Gasteiger partial charge in [-0.05, 0) is 74.5 Å². The molecule has 0 saturated carbocycles. The number of nitrogens with zero attached hydrogens (tertiary/aromatic N) is 3. The number of carbonyl (C=O) groups excluding carboxylic acids is 2. The van der Waals surface area contributed by atoms with Gasteiger partial charge in [-0.1, -0.05) is 36.4 Å². The molecule has 1 fully saturated rings. The van der Waals surface area contributed by atoms with Gasteiger partial charge in [-0.3, -0.25) is 24.6 Å². The van der Waals surface area contributed by atoms with Crippen molar-refractivity contribution >= 4 is 40.5 Å². The summed E-state index contributed by atoms with van der Waals surface area (Å²) in [6.45, 7) is 7.21. The molecule has 1 aliphatic heterocycles. The van der Waals surface area contributed by atoms with Crippen molar-refractivity contribution in [2.24, 2.45) is 4.99 Å². The van der Waals surface area contributed by atoms with Crippen LogP contribution >= 0.6 is 11.8 Å². The molecule has 0 atom stereocenters. The van der Waals surface area contributed by atoms with Gasteiger partial charge in [0.05, 0.1) is 23.7 Å². The van der Waals surface area contributed by atoms with Crippen LogP contribution in [0.5, 0.6) is 0 Å². The van der Waals surface area contributed by atoms with E-state index < -0.39 is 0 Å². The first kappa shape index (κ1) is 24.5. The Morgan fingerprint density at radius 3 is 2.46 bits per heavy atom. The zero-order valence-electron chi connectivity index (χ0n) is 20.0. The highest BCUT2D eigenvalue weighted by Crippen LogP contribution is 2.34. The van der Waals surface area contributed by atoms with Gasteiger partial charge in [0, 0.05) is 23.6 Å². The largest absolute Gasteiger partial charge is 0.380 e. The lowest BCUT2D eigenvalue weighted by molar-refractivity contribution is -0.122. The molecule has 35 heavy (non-hydrogen) atoms. The Bertz CT molecular complexity index is 1270. The highest BCUT2D eigenvalue weighted by atomic mass is 32.2. The summed E-state index contributed by atoms with van der Waals surface area (Å²) in [4.78, 5) is 32.9. The Kier molecular flexibility index (Phi) is 7.84. The fourth-order valence-electron chi connectivity index (χ4n) is 3.70. The third-order valence-electron chi connectivity index (χ3n) is 5.54. The summed E-state index contributed by atoms with van der Waals surface area (Å²) in [6, 6.07) is 20.6. The fraction of sp³-hybridized carbons (Fsp3) is 0.222. The predicted octanol–water partition coefficient (Wildman–Crippen LogP) is 5.13. The Balaban J connectivity index is 1.61. The molecule has 4 rings (SSSR count). The fourth-order valence-corrected chi connectivity index (χ4v) is 4.72. The number of nitrogens with one attached hydrogen (secondary N) is 1. The third kappa shape index (κ3) is 5.72. The first-order valence-corrected chi connectivity index (χ1v) is 12.3. The summed E-state index contributed by atoms with van der Waals surface area (Å²) in [6.07, 6.45) is 1.86. The van der Waals surface area contributed by atoms with E-state index >= 15 is 0 Å². The van der Waals surface area contributed by atoms with Crippen molar-refractivity contribution in [3.05, 3.63) is 94.1 Å². The van der Waals surface area contributed by atoms with Gasteiger partial charge in [0.25, 0.3) is 11.8 Å². The van der Waals surface area contributed by atoms with Gasteiger partial charge in [-0.2, -0.15) is 0 Å². The van der Waals surface area contributed by atoms with Gasteiger partial charge in [0.15, 0.2) is 5.17 Å². The van der Waals surface area contributed by atoms with E-state index in [2.05, 4.69) is 5.43 Å². The summed E-state index contributed by atoms with van der Waals surface area (Å²) in [7, 11) is 0. The quantitative estimate of drug-likeness (QED) is 0.352. The number of aryl methyl sites for hydroxylation is 1. The van der Waals surface area contributed by atoms with Gasteiger partial charge in [-0.25, -0.2) is 4.99 Å². The average molecular weight is 489 g/mol. The van der Waals surface area contributed by atoms with E-state index in [4.69, 9.17) is 9.73 Å². The number of benzene rings is 2. The number of ether oxygens (including phenoxy) is 1. The molecule has 1 N–H and O–H groups in total. The lowest BCUT2D eigenvalue weighted by Gasteiger charge is -2.15. The van der Waals surface area contributed by atoms with Crippen LogP contribution in [0.15, 0.2) is 76.6 Å². The van der Waals surface area contributed by atoms with Crippen LogP contribution < -0.4 is 5.43 Å². The van der Waals surface area contributed by atoms with Crippen molar-refractivity contribution in [1.29, 1.82) is 0 Å². The average Bonchev–Trinajstić information content (AvgIpc) is 3.30. The van der Waals surface area contributed by atoms with E-state index in [1.54, 1.807) is 21.7 Å². The van der Waals surface area contributed by atoms with Crippen LogP contribution in [0.25, 0.3) is 6.08 Å². The lowest BCUT2D eigenvalue weighted by Crippen LogP contribution is -2.32. The number of hydrogen-bond acceptors (Lipinski definition) is 5. The maximum Gasteiger partial charge on any atom is 0.270 e. The van der Waals surface area contributed by atoms with Crippen LogP contribution in [0.2, 0.25) is 0 Å². The monoisotopic (exact) mass is 488 g/mol. The molecular formula is C27H28N4O3S. The van der Waals surface area contributed by atoms with E-state index in [9.17, 15) is 9.59 Å². The number of hydrogen-bond donors (Lipinski definition) is 1. The van der Waals surface area contributed by atoms with E-state index in [-0.39, 0.29) is 11.8 Å². The number of amides is 2. The molecule has 0 spiro atoms. The molecule has 2 aromatic carbocycles. The molecule has 1 saturated heterocycles. The molecule has 8 heteroatoms. The normalized spacial score (nSPS) is 15.9. The summed E-state index contributed by atoms with van der Waals surface area (Å²) >= 11 is 1.34. The summed E-state index contributed by atoms with van der Waals surface area (Å²) < 4.78 is 7.23. The second kappa shape index (κ2) is 11.2. The predicted molar refractivity (Wildman–Crippen MR) is 141 cm³/mol. The Morgan fingerprint density at radius 1 is 1.09 bits per heavy atom. The van der Waals surface area contributed by atoms with Crippen LogP contribution in [0.3, 0.4) is 0 Å². The molecule has 0 unspecified atom stereocenters. The van der Waals surface area contributed by atoms with Gasteiger partial charge in [-0.15, -0.1) is 0 Å². The minimum Gasteiger partial charge on any atom is -0.380 e.